The van der Waals surface area contributed by atoms with Gasteiger partial charge in [-0.25, -0.2) is 8.42 Å². The average Bonchev–Trinajstić information content (AvgIpc) is 2.86. The Morgan fingerprint density at radius 1 is 1.03 bits per heavy atom. The van der Waals surface area contributed by atoms with Crippen LogP contribution < -0.4 is 9.04 Å². The van der Waals surface area contributed by atoms with E-state index in [1.54, 1.807) is 29.6 Å². The normalized spacial score (nSPS) is 21.2. The molecule has 1 aliphatic carbocycles. The van der Waals surface area contributed by atoms with Gasteiger partial charge in [-0.3, -0.25) is 4.31 Å². The molecule has 1 saturated heterocycles. The van der Waals surface area contributed by atoms with E-state index in [0.29, 0.717) is 35.7 Å². The monoisotopic (exact) mass is 513 g/mol. The van der Waals surface area contributed by atoms with Crippen molar-refractivity contribution in [2.75, 3.05) is 31.2 Å². The van der Waals surface area contributed by atoms with Crippen LogP contribution in [0.2, 0.25) is 0 Å². The summed E-state index contributed by atoms with van der Waals surface area (Å²) in [7, 11) is -2.13. The molecule has 1 saturated carbocycles. The zero-order chi connectivity index (χ0) is 25.1. The summed E-state index contributed by atoms with van der Waals surface area (Å²) in [5.41, 5.74) is 4.11. The van der Waals surface area contributed by atoms with Crippen molar-refractivity contribution in [1.29, 1.82) is 0 Å². The van der Waals surface area contributed by atoms with Gasteiger partial charge in [0.2, 0.25) is 0 Å². The predicted molar refractivity (Wildman–Crippen MR) is 141 cm³/mol. The van der Waals surface area contributed by atoms with E-state index in [1.807, 2.05) is 6.07 Å². The zero-order valence-corrected chi connectivity index (χ0v) is 22.4. The lowest BCUT2D eigenvalue weighted by atomic mass is 9.79. The number of fused-ring (bicyclic) bond motifs is 1. The molecule has 0 aromatic heterocycles. The molecule has 0 unspecified atom stereocenters. The van der Waals surface area contributed by atoms with Crippen molar-refractivity contribution < 1.29 is 22.6 Å². The van der Waals surface area contributed by atoms with Crippen molar-refractivity contribution in [2.24, 2.45) is 5.92 Å². The van der Waals surface area contributed by atoms with Crippen LogP contribution in [0, 0.1) is 5.92 Å². The quantitative estimate of drug-likeness (QED) is 0.422. The number of hydrogen-bond acceptors (Lipinski definition) is 5. The molecular formula is C29H39NO5S. The fourth-order valence-electron chi connectivity index (χ4n) is 5.71. The largest absolute Gasteiger partial charge is 0.493 e. The molecule has 196 valence electrons. The highest BCUT2D eigenvalue weighted by molar-refractivity contribution is 7.92. The van der Waals surface area contributed by atoms with E-state index in [2.05, 4.69) is 19.1 Å². The Kier molecular flexibility index (Phi) is 7.89. The summed E-state index contributed by atoms with van der Waals surface area (Å²) >= 11 is 0. The van der Waals surface area contributed by atoms with Crippen LogP contribution in [0.1, 0.15) is 74.5 Å². The van der Waals surface area contributed by atoms with Gasteiger partial charge in [-0.05, 0) is 92.2 Å². The number of methoxy groups -OCH3 is 1. The molecule has 2 aromatic rings. The van der Waals surface area contributed by atoms with Crippen molar-refractivity contribution in [3.8, 4) is 5.75 Å². The van der Waals surface area contributed by atoms with E-state index in [1.165, 1.54) is 24.8 Å². The summed E-state index contributed by atoms with van der Waals surface area (Å²) in [6.45, 7) is 4.52. The van der Waals surface area contributed by atoms with Crippen LogP contribution in [0.3, 0.4) is 0 Å². The number of benzene rings is 2. The number of anilines is 1. The fourth-order valence-corrected chi connectivity index (χ4v) is 7.55. The Balaban J connectivity index is 1.43. The van der Waals surface area contributed by atoms with Crippen molar-refractivity contribution in [2.45, 2.75) is 81.8 Å². The number of hydrogen-bond donors (Lipinski definition) is 0. The number of aryl methyl sites for hydroxylation is 1. The highest BCUT2D eigenvalue weighted by Crippen LogP contribution is 2.42. The van der Waals surface area contributed by atoms with E-state index in [4.69, 9.17) is 14.2 Å². The van der Waals surface area contributed by atoms with Gasteiger partial charge in [0.25, 0.3) is 10.0 Å². The molecule has 1 atom stereocenters. The van der Waals surface area contributed by atoms with Crippen LogP contribution in [-0.2, 0) is 32.5 Å². The van der Waals surface area contributed by atoms with Gasteiger partial charge in [0, 0.05) is 31.9 Å². The number of rotatable bonds is 9. The molecule has 2 aliphatic heterocycles. The molecule has 0 N–H and O–H groups in total. The Hall–Kier alpha value is -2.09. The first-order valence-electron chi connectivity index (χ1n) is 13.5. The topological polar surface area (TPSA) is 65.1 Å². The molecule has 0 bridgehead atoms. The van der Waals surface area contributed by atoms with E-state index in [0.717, 1.165) is 62.1 Å². The van der Waals surface area contributed by atoms with Crippen LogP contribution in [-0.4, -0.2) is 41.4 Å². The summed E-state index contributed by atoms with van der Waals surface area (Å²) in [5.74, 6) is 1.78. The molecule has 7 heteroatoms. The Morgan fingerprint density at radius 3 is 2.53 bits per heavy atom. The second-order valence-corrected chi connectivity index (χ2v) is 12.3. The van der Waals surface area contributed by atoms with Crippen LogP contribution in [0.4, 0.5) is 5.69 Å². The van der Waals surface area contributed by atoms with Gasteiger partial charge >= 0.3 is 0 Å². The summed E-state index contributed by atoms with van der Waals surface area (Å²) in [4.78, 5) is 0.294. The standard InChI is InChI=1S/C29H39NO5S/c1-3-26-9-7-24-17-23(22-5-4-6-22)8-11-28(24)30(26)36(31,32)27-10-12-29(25(18-27)20-33-2)35-19-21-13-15-34-16-14-21/h8,10-12,17-18,21-22,26H,3-7,9,13-16,19-20H2,1-2H3/t26-/m1/s1. The third-order valence-electron chi connectivity index (χ3n) is 8.17. The molecule has 36 heavy (non-hydrogen) atoms. The summed E-state index contributed by atoms with van der Waals surface area (Å²) in [6.07, 6.45) is 8.29. The maximum Gasteiger partial charge on any atom is 0.264 e. The van der Waals surface area contributed by atoms with E-state index < -0.39 is 10.0 Å². The zero-order valence-electron chi connectivity index (χ0n) is 21.6. The minimum atomic E-state index is -3.75. The minimum absolute atomic E-state index is 0.0487. The highest BCUT2D eigenvalue weighted by Gasteiger charge is 2.36. The van der Waals surface area contributed by atoms with Crippen LogP contribution >= 0.6 is 0 Å². The van der Waals surface area contributed by atoms with Gasteiger partial charge < -0.3 is 14.2 Å². The van der Waals surface area contributed by atoms with Crippen LogP contribution in [0.5, 0.6) is 5.75 Å². The maximum atomic E-state index is 14.1. The third kappa shape index (κ3) is 5.15. The molecule has 0 amide bonds. The van der Waals surface area contributed by atoms with E-state index >= 15 is 0 Å². The lowest BCUT2D eigenvalue weighted by molar-refractivity contribution is 0.0492. The first-order chi connectivity index (χ1) is 17.5. The van der Waals surface area contributed by atoms with Crippen LogP contribution in [0.15, 0.2) is 41.3 Å². The lowest BCUT2D eigenvalue weighted by Crippen LogP contribution is -2.43. The van der Waals surface area contributed by atoms with Gasteiger partial charge in [-0.15, -0.1) is 0 Å². The summed E-state index contributed by atoms with van der Waals surface area (Å²) < 4.78 is 46.9. The molecule has 6 nitrogen and oxygen atoms in total. The molecule has 3 aliphatic rings. The number of sulfonamides is 1. The second kappa shape index (κ2) is 11.1. The van der Waals surface area contributed by atoms with Gasteiger partial charge in [-0.1, -0.05) is 25.5 Å². The minimum Gasteiger partial charge on any atom is -0.493 e. The molecular weight excluding hydrogens is 474 g/mol. The fraction of sp³-hybridized carbons (Fsp3) is 0.586. The summed E-state index contributed by atoms with van der Waals surface area (Å²) in [5, 5.41) is 0. The molecule has 2 fully saturated rings. The molecule has 2 heterocycles. The second-order valence-electron chi connectivity index (χ2n) is 10.5. The predicted octanol–water partition coefficient (Wildman–Crippen LogP) is 5.83. The number of nitrogens with zero attached hydrogens (tertiary/aromatic N) is 1. The Labute approximate surface area is 216 Å². The average molecular weight is 514 g/mol. The van der Waals surface area contributed by atoms with Gasteiger partial charge in [0.15, 0.2) is 0 Å². The summed E-state index contributed by atoms with van der Waals surface area (Å²) in [6, 6.07) is 11.6. The highest BCUT2D eigenvalue weighted by atomic mass is 32.2. The number of ether oxygens (including phenoxy) is 3. The van der Waals surface area contributed by atoms with E-state index in [-0.39, 0.29) is 6.04 Å². The third-order valence-corrected chi connectivity index (χ3v) is 10.0. The van der Waals surface area contributed by atoms with Crippen molar-refractivity contribution in [3.63, 3.8) is 0 Å². The molecule has 5 rings (SSSR count). The Morgan fingerprint density at radius 2 is 1.83 bits per heavy atom. The van der Waals surface area contributed by atoms with Crippen LogP contribution in [0.25, 0.3) is 0 Å². The van der Waals surface area contributed by atoms with Gasteiger partial charge in [-0.2, -0.15) is 0 Å². The maximum absolute atomic E-state index is 14.1. The van der Waals surface area contributed by atoms with Crippen molar-refractivity contribution in [1.82, 2.24) is 0 Å². The molecule has 2 aromatic carbocycles. The lowest BCUT2D eigenvalue weighted by Gasteiger charge is -2.38. The molecule has 0 radical (unpaired) electrons. The first kappa shape index (κ1) is 25.6. The Bertz CT molecular complexity index is 1150. The molecule has 0 spiro atoms. The van der Waals surface area contributed by atoms with Gasteiger partial charge in [0.05, 0.1) is 23.8 Å². The smallest absolute Gasteiger partial charge is 0.264 e. The first-order valence-corrected chi connectivity index (χ1v) is 14.9. The van der Waals surface area contributed by atoms with Crippen molar-refractivity contribution in [3.05, 3.63) is 53.1 Å². The SMILES string of the molecule is CC[C@@H]1CCc2cc(C3CCC3)ccc2N1S(=O)(=O)c1ccc(OCC2CCOCC2)c(COC)c1. The van der Waals surface area contributed by atoms with Gasteiger partial charge in [0.1, 0.15) is 5.75 Å². The van der Waals surface area contributed by atoms with E-state index in [9.17, 15) is 8.42 Å². The van der Waals surface area contributed by atoms with Crippen molar-refractivity contribution >= 4 is 15.7 Å².